The lowest BCUT2D eigenvalue weighted by Gasteiger charge is -2.23. The number of halogens is 2. The molecule has 0 N–H and O–H groups in total. The number of nitriles is 1. The molecule has 1 aromatic rings. The average molecular weight is 311 g/mol. The fourth-order valence-corrected chi connectivity index (χ4v) is 3.31. The molecule has 104 valence electrons. The second-order valence-corrected chi connectivity index (χ2v) is 5.76. The van der Waals surface area contributed by atoms with Crippen LogP contribution >= 0.6 is 23.2 Å². The molecule has 0 radical (unpaired) electrons. The summed E-state index contributed by atoms with van der Waals surface area (Å²) in [5, 5.41) is 10.1. The maximum Gasteiger partial charge on any atom is 0.257 e. The van der Waals surface area contributed by atoms with E-state index in [0.717, 1.165) is 12.8 Å². The first kappa shape index (κ1) is 13.7. The fraction of sp³-hybridized carbons (Fsp3) is 0.429. The van der Waals surface area contributed by atoms with Gasteiger partial charge in [-0.15, -0.1) is 0 Å². The predicted molar refractivity (Wildman–Crippen MR) is 74.8 cm³/mol. The molecule has 2 unspecified atom stereocenters. The molecule has 4 nitrogen and oxygen atoms in total. The second-order valence-electron chi connectivity index (χ2n) is 4.94. The van der Waals surface area contributed by atoms with E-state index in [1.807, 2.05) is 0 Å². The number of carbonyl (C=O) groups excluding carboxylic acids is 1. The van der Waals surface area contributed by atoms with E-state index in [-0.39, 0.29) is 12.0 Å². The Bertz CT molecular complexity index is 606. The van der Waals surface area contributed by atoms with Crippen molar-refractivity contribution in [2.24, 2.45) is 0 Å². The van der Waals surface area contributed by atoms with Crippen molar-refractivity contribution < 1.29 is 9.53 Å². The molecule has 0 aromatic heterocycles. The van der Waals surface area contributed by atoms with Crippen molar-refractivity contribution in [3.8, 4) is 6.07 Å². The van der Waals surface area contributed by atoms with E-state index in [2.05, 4.69) is 6.07 Å². The first-order valence-electron chi connectivity index (χ1n) is 6.43. The number of rotatable bonds is 2. The first-order valence-corrected chi connectivity index (χ1v) is 7.19. The topological polar surface area (TPSA) is 53.3 Å². The lowest BCUT2D eigenvalue weighted by Crippen LogP contribution is -2.34. The Morgan fingerprint density at radius 2 is 2.15 bits per heavy atom. The highest BCUT2D eigenvalue weighted by Gasteiger charge is 2.41. The number of amides is 1. The lowest BCUT2D eigenvalue weighted by atomic mass is 10.1. The van der Waals surface area contributed by atoms with Gasteiger partial charge < -0.3 is 9.64 Å². The summed E-state index contributed by atoms with van der Waals surface area (Å²) in [6, 6.07) is 4.67. The number of carbonyl (C=O) groups is 1. The molecule has 20 heavy (non-hydrogen) atoms. The zero-order chi connectivity index (χ0) is 14.3. The summed E-state index contributed by atoms with van der Waals surface area (Å²) in [6.45, 7) is 1.11. The average Bonchev–Trinajstić information content (AvgIpc) is 3.03. The Labute approximate surface area is 126 Å². The van der Waals surface area contributed by atoms with Gasteiger partial charge in [0.2, 0.25) is 0 Å². The van der Waals surface area contributed by atoms with Gasteiger partial charge in [-0.3, -0.25) is 4.79 Å². The quantitative estimate of drug-likeness (QED) is 0.843. The summed E-state index contributed by atoms with van der Waals surface area (Å²) in [7, 11) is 0. The molecule has 1 aromatic carbocycles. The minimum absolute atomic E-state index is 0.0123. The van der Waals surface area contributed by atoms with Crippen LogP contribution in [0, 0.1) is 11.3 Å². The molecule has 0 spiro atoms. The second kappa shape index (κ2) is 5.25. The molecule has 1 amide bonds. The van der Waals surface area contributed by atoms with Crippen LogP contribution in [0.1, 0.15) is 34.8 Å². The van der Waals surface area contributed by atoms with Gasteiger partial charge in [0.05, 0.1) is 22.8 Å². The number of benzene rings is 1. The van der Waals surface area contributed by atoms with Crippen LogP contribution in [-0.2, 0) is 4.74 Å². The molecule has 6 heteroatoms. The molecule has 1 saturated heterocycles. The smallest absolute Gasteiger partial charge is 0.257 e. The van der Waals surface area contributed by atoms with E-state index in [4.69, 9.17) is 27.9 Å². The van der Waals surface area contributed by atoms with E-state index in [1.54, 1.807) is 12.1 Å². The van der Waals surface area contributed by atoms with Gasteiger partial charge in [-0.1, -0.05) is 23.2 Å². The van der Waals surface area contributed by atoms with Crippen molar-refractivity contribution in [3.63, 3.8) is 0 Å². The van der Waals surface area contributed by atoms with Gasteiger partial charge in [-0.2, -0.15) is 5.26 Å². The summed E-state index contributed by atoms with van der Waals surface area (Å²) in [4.78, 5) is 14.0. The van der Waals surface area contributed by atoms with Crippen molar-refractivity contribution >= 4 is 29.1 Å². The predicted octanol–water partition coefficient (Wildman–Crippen LogP) is 3.19. The zero-order valence-electron chi connectivity index (χ0n) is 10.6. The van der Waals surface area contributed by atoms with Gasteiger partial charge in [0, 0.05) is 23.7 Å². The monoisotopic (exact) mass is 310 g/mol. The number of hydrogen-bond acceptors (Lipinski definition) is 3. The molecule has 0 aliphatic carbocycles. The highest BCUT2D eigenvalue weighted by atomic mass is 35.5. The van der Waals surface area contributed by atoms with Crippen LogP contribution in [0.15, 0.2) is 12.1 Å². The van der Waals surface area contributed by atoms with Crippen molar-refractivity contribution in [1.29, 1.82) is 5.26 Å². The zero-order valence-corrected chi connectivity index (χ0v) is 12.1. The third-order valence-electron chi connectivity index (χ3n) is 3.75. The molecule has 2 atom stereocenters. The Balaban J connectivity index is 1.99. The maximum absolute atomic E-state index is 12.5. The highest BCUT2D eigenvalue weighted by Crippen LogP contribution is 2.41. The molecule has 2 aliphatic heterocycles. The minimum atomic E-state index is -0.687. The van der Waals surface area contributed by atoms with Crippen LogP contribution in [0.5, 0.6) is 0 Å². The molecule has 2 heterocycles. The number of ether oxygens (including phenoxy) is 1. The maximum atomic E-state index is 12.5. The van der Waals surface area contributed by atoms with Crippen LogP contribution in [0.4, 0.5) is 0 Å². The van der Waals surface area contributed by atoms with Crippen molar-refractivity contribution in [1.82, 2.24) is 4.90 Å². The van der Waals surface area contributed by atoms with E-state index < -0.39 is 6.04 Å². The van der Waals surface area contributed by atoms with Crippen molar-refractivity contribution in [2.75, 3.05) is 13.2 Å². The Morgan fingerprint density at radius 1 is 1.40 bits per heavy atom. The Kier molecular flexibility index (Phi) is 3.59. The lowest BCUT2D eigenvalue weighted by molar-refractivity contribution is 0.0512. The summed E-state index contributed by atoms with van der Waals surface area (Å²) in [5.74, 6) is -0.241. The third kappa shape index (κ3) is 2.07. The SMILES string of the molecule is N#CC1c2c(Cl)ccc(Cl)c2C(=O)N1CC1CCCO1. The van der Waals surface area contributed by atoms with Crippen LogP contribution < -0.4 is 0 Å². The molecular weight excluding hydrogens is 299 g/mol. The Morgan fingerprint density at radius 3 is 2.80 bits per heavy atom. The van der Waals surface area contributed by atoms with E-state index in [1.165, 1.54) is 4.90 Å². The van der Waals surface area contributed by atoms with E-state index in [9.17, 15) is 10.1 Å². The van der Waals surface area contributed by atoms with Gasteiger partial charge in [-0.05, 0) is 25.0 Å². The van der Waals surface area contributed by atoms with Crippen molar-refractivity contribution in [2.45, 2.75) is 25.0 Å². The summed E-state index contributed by atoms with van der Waals surface area (Å²) >= 11 is 12.2. The molecule has 0 saturated carbocycles. The third-order valence-corrected chi connectivity index (χ3v) is 4.39. The largest absolute Gasteiger partial charge is 0.376 e. The molecule has 1 fully saturated rings. The standard InChI is InChI=1S/C14H12Cl2N2O2/c15-9-3-4-10(16)13-12(9)11(6-17)18(14(13)19)7-8-2-1-5-20-8/h3-4,8,11H,1-2,5,7H2. The van der Waals surface area contributed by atoms with Crippen LogP contribution in [0.2, 0.25) is 10.0 Å². The fourth-order valence-electron chi connectivity index (χ4n) is 2.80. The first-order chi connectivity index (χ1) is 9.63. The number of hydrogen-bond donors (Lipinski definition) is 0. The summed E-state index contributed by atoms with van der Waals surface area (Å²) in [5.41, 5.74) is 0.869. The van der Waals surface area contributed by atoms with Gasteiger partial charge in [-0.25, -0.2) is 0 Å². The minimum Gasteiger partial charge on any atom is -0.376 e. The molecule has 0 bridgehead atoms. The van der Waals surface area contributed by atoms with Gasteiger partial charge in [0.15, 0.2) is 0 Å². The highest BCUT2D eigenvalue weighted by molar-refractivity contribution is 6.37. The van der Waals surface area contributed by atoms with E-state index in [0.29, 0.717) is 34.3 Å². The van der Waals surface area contributed by atoms with Gasteiger partial charge in [0.25, 0.3) is 5.91 Å². The number of nitrogens with zero attached hydrogens (tertiary/aromatic N) is 2. The summed E-state index contributed by atoms with van der Waals surface area (Å²) in [6.07, 6.45) is 1.87. The van der Waals surface area contributed by atoms with Crippen LogP contribution in [-0.4, -0.2) is 30.1 Å². The molecule has 3 rings (SSSR count). The van der Waals surface area contributed by atoms with Gasteiger partial charge >= 0.3 is 0 Å². The van der Waals surface area contributed by atoms with Crippen molar-refractivity contribution in [3.05, 3.63) is 33.3 Å². The van der Waals surface area contributed by atoms with Gasteiger partial charge in [0.1, 0.15) is 6.04 Å². The summed E-state index contributed by atoms with van der Waals surface area (Å²) < 4.78 is 5.55. The molecule has 2 aliphatic rings. The Hall–Kier alpha value is -1.28. The van der Waals surface area contributed by atoms with Crippen LogP contribution in [0.25, 0.3) is 0 Å². The molecular formula is C14H12Cl2N2O2. The van der Waals surface area contributed by atoms with Crippen LogP contribution in [0.3, 0.4) is 0 Å². The van der Waals surface area contributed by atoms with E-state index >= 15 is 0 Å². The normalized spacial score (nSPS) is 24.9. The number of fused-ring (bicyclic) bond motifs is 1.